The van der Waals surface area contributed by atoms with E-state index in [-0.39, 0.29) is 43.2 Å². The van der Waals surface area contributed by atoms with E-state index < -0.39 is 0 Å². The normalized spacial score (nSPS) is 16.2. The number of halogens is 2. The minimum Gasteiger partial charge on any atom is -0.459 e. The second kappa shape index (κ2) is 9.73. The number of amides is 1. The molecule has 1 amide bonds. The van der Waals surface area contributed by atoms with Crippen LogP contribution in [0.25, 0.3) is 11.7 Å². The zero-order valence-corrected chi connectivity index (χ0v) is 17.0. The van der Waals surface area contributed by atoms with Gasteiger partial charge in [-0.25, -0.2) is 4.98 Å². The van der Waals surface area contributed by atoms with Gasteiger partial charge in [0.1, 0.15) is 5.76 Å². The van der Waals surface area contributed by atoms with Crippen molar-refractivity contribution in [3.8, 4) is 11.7 Å². The summed E-state index contributed by atoms with van der Waals surface area (Å²) in [6.07, 6.45) is 5.32. The minimum absolute atomic E-state index is 0. The predicted octanol–water partition coefficient (Wildman–Crippen LogP) is 3.20. The van der Waals surface area contributed by atoms with Crippen LogP contribution in [-0.2, 0) is 11.2 Å². The largest absolute Gasteiger partial charge is 0.459 e. The van der Waals surface area contributed by atoms with Gasteiger partial charge in [0.25, 0.3) is 5.89 Å². The van der Waals surface area contributed by atoms with E-state index in [0.717, 1.165) is 12.1 Å². The van der Waals surface area contributed by atoms with Gasteiger partial charge in [0.05, 0.1) is 24.4 Å². The van der Waals surface area contributed by atoms with Crippen LogP contribution < -0.4 is 5.32 Å². The molecule has 1 saturated heterocycles. The number of carbonyl (C=O) groups is 1. The highest BCUT2D eigenvalue weighted by Crippen LogP contribution is 2.25. The van der Waals surface area contributed by atoms with Crippen LogP contribution in [0.3, 0.4) is 0 Å². The highest BCUT2D eigenvalue weighted by molar-refractivity contribution is 5.85. The predicted molar refractivity (Wildman–Crippen MR) is 109 cm³/mol. The Kier molecular flexibility index (Phi) is 7.62. The van der Waals surface area contributed by atoms with E-state index in [1.807, 2.05) is 30.2 Å². The third-order valence-corrected chi connectivity index (χ3v) is 4.58. The molecule has 9 heteroatoms. The standard InChI is InChI=1S/C19H20N4O3.2ClH/c1-13-15(22-19(26-13)17-5-3-9-25-17)10-18(24)23-8-7-21-12-16(23)14-4-2-6-20-11-14;;/h2-6,9,11,16,21H,7-8,10,12H2,1H3;2*1H. The van der Waals surface area contributed by atoms with Crippen molar-refractivity contribution in [2.24, 2.45) is 0 Å². The first-order chi connectivity index (χ1) is 12.7. The number of nitrogens with one attached hydrogen (secondary N) is 1. The lowest BCUT2D eigenvalue weighted by molar-refractivity contribution is -0.133. The third kappa shape index (κ3) is 4.55. The number of rotatable bonds is 4. The first-order valence-electron chi connectivity index (χ1n) is 8.62. The molecule has 0 radical (unpaired) electrons. The average Bonchev–Trinajstić information content (AvgIpc) is 3.33. The van der Waals surface area contributed by atoms with Gasteiger partial charge in [0.2, 0.25) is 5.91 Å². The number of piperazine rings is 1. The van der Waals surface area contributed by atoms with Gasteiger partial charge in [0, 0.05) is 32.0 Å². The summed E-state index contributed by atoms with van der Waals surface area (Å²) in [7, 11) is 0. The molecule has 1 unspecified atom stereocenters. The number of hydrogen-bond donors (Lipinski definition) is 1. The monoisotopic (exact) mass is 424 g/mol. The molecule has 0 aliphatic carbocycles. The van der Waals surface area contributed by atoms with Gasteiger partial charge in [0.15, 0.2) is 5.76 Å². The van der Waals surface area contributed by atoms with Crippen molar-refractivity contribution in [3.63, 3.8) is 0 Å². The first-order valence-corrected chi connectivity index (χ1v) is 8.62. The van der Waals surface area contributed by atoms with Gasteiger partial charge in [-0.1, -0.05) is 6.07 Å². The molecular formula is C19H22Cl2N4O3. The number of hydrogen-bond acceptors (Lipinski definition) is 6. The molecule has 0 saturated carbocycles. The molecule has 0 aromatic carbocycles. The summed E-state index contributed by atoms with van der Waals surface area (Å²) in [5.74, 6) is 1.63. The SMILES string of the molecule is Cc1oc(-c2ccco2)nc1CC(=O)N1CCNCC1c1cccnc1.Cl.Cl. The second-order valence-electron chi connectivity index (χ2n) is 6.27. The van der Waals surface area contributed by atoms with E-state index in [0.29, 0.717) is 36.2 Å². The van der Waals surface area contributed by atoms with Gasteiger partial charge in [-0.05, 0) is 30.7 Å². The molecule has 0 bridgehead atoms. The second-order valence-corrected chi connectivity index (χ2v) is 6.27. The summed E-state index contributed by atoms with van der Waals surface area (Å²) >= 11 is 0. The van der Waals surface area contributed by atoms with Gasteiger partial charge in [-0.2, -0.15) is 0 Å². The lowest BCUT2D eigenvalue weighted by Crippen LogP contribution is -2.49. The Morgan fingerprint density at radius 3 is 2.89 bits per heavy atom. The van der Waals surface area contributed by atoms with Crippen molar-refractivity contribution < 1.29 is 13.6 Å². The van der Waals surface area contributed by atoms with Crippen molar-refractivity contribution in [2.75, 3.05) is 19.6 Å². The van der Waals surface area contributed by atoms with Crippen molar-refractivity contribution >= 4 is 30.7 Å². The van der Waals surface area contributed by atoms with Crippen molar-refractivity contribution in [1.82, 2.24) is 20.2 Å². The topological polar surface area (TPSA) is 84.4 Å². The average molecular weight is 425 g/mol. The summed E-state index contributed by atoms with van der Waals surface area (Å²) in [6.45, 7) is 3.96. The van der Waals surface area contributed by atoms with Gasteiger partial charge < -0.3 is 19.1 Å². The maximum atomic E-state index is 13.0. The molecule has 7 nitrogen and oxygen atoms in total. The molecule has 4 rings (SSSR count). The highest BCUT2D eigenvalue weighted by Gasteiger charge is 2.29. The molecule has 1 aliphatic heterocycles. The van der Waals surface area contributed by atoms with E-state index in [4.69, 9.17) is 8.83 Å². The smallest absolute Gasteiger partial charge is 0.263 e. The number of furan rings is 1. The van der Waals surface area contributed by atoms with Crippen LogP contribution in [-0.4, -0.2) is 40.4 Å². The van der Waals surface area contributed by atoms with E-state index >= 15 is 0 Å². The van der Waals surface area contributed by atoms with E-state index in [2.05, 4.69) is 15.3 Å². The zero-order chi connectivity index (χ0) is 17.9. The zero-order valence-electron chi connectivity index (χ0n) is 15.3. The van der Waals surface area contributed by atoms with Crippen LogP contribution in [0, 0.1) is 6.92 Å². The molecule has 1 atom stereocenters. The van der Waals surface area contributed by atoms with E-state index in [1.54, 1.807) is 24.6 Å². The number of pyridine rings is 1. The van der Waals surface area contributed by atoms with Crippen LogP contribution in [0.1, 0.15) is 23.1 Å². The lowest BCUT2D eigenvalue weighted by Gasteiger charge is -2.36. The quantitative estimate of drug-likeness (QED) is 0.691. The Hall–Kier alpha value is -2.35. The maximum absolute atomic E-state index is 13.0. The van der Waals surface area contributed by atoms with Crippen LogP contribution in [0.5, 0.6) is 0 Å². The summed E-state index contributed by atoms with van der Waals surface area (Å²) in [5.41, 5.74) is 1.67. The fourth-order valence-electron chi connectivity index (χ4n) is 3.22. The summed E-state index contributed by atoms with van der Waals surface area (Å²) in [5, 5.41) is 3.35. The Labute approximate surface area is 175 Å². The van der Waals surface area contributed by atoms with Gasteiger partial charge >= 0.3 is 0 Å². The first kappa shape index (κ1) is 21.9. The van der Waals surface area contributed by atoms with Crippen molar-refractivity contribution in [3.05, 3.63) is 59.9 Å². The molecule has 3 aromatic rings. The lowest BCUT2D eigenvalue weighted by atomic mass is 10.0. The number of nitrogens with zero attached hydrogens (tertiary/aromatic N) is 3. The number of oxazole rings is 1. The van der Waals surface area contributed by atoms with Crippen LogP contribution in [0.2, 0.25) is 0 Å². The summed E-state index contributed by atoms with van der Waals surface area (Å²) in [4.78, 5) is 23.5. The van der Waals surface area contributed by atoms with Crippen LogP contribution in [0.4, 0.5) is 0 Å². The van der Waals surface area contributed by atoms with Gasteiger partial charge in [-0.15, -0.1) is 24.8 Å². The maximum Gasteiger partial charge on any atom is 0.263 e. The Morgan fingerprint density at radius 1 is 1.32 bits per heavy atom. The molecule has 0 spiro atoms. The number of aryl methyl sites for hydroxylation is 1. The summed E-state index contributed by atoms with van der Waals surface area (Å²) < 4.78 is 11.0. The van der Waals surface area contributed by atoms with E-state index in [9.17, 15) is 4.79 Å². The van der Waals surface area contributed by atoms with Crippen LogP contribution >= 0.6 is 24.8 Å². The number of carbonyl (C=O) groups excluding carboxylic acids is 1. The molecule has 1 fully saturated rings. The summed E-state index contributed by atoms with van der Waals surface area (Å²) in [6, 6.07) is 7.43. The Balaban J connectivity index is 0.00000140. The fourth-order valence-corrected chi connectivity index (χ4v) is 3.22. The van der Waals surface area contributed by atoms with Crippen molar-refractivity contribution in [1.29, 1.82) is 0 Å². The Morgan fingerprint density at radius 2 is 2.18 bits per heavy atom. The third-order valence-electron chi connectivity index (χ3n) is 4.58. The minimum atomic E-state index is -0.0262. The molecule has 1 N–H and O–H groups in total. The molecular weight excluding hydrogens is 403 g/mol. The molecule has 3 aromatic heterocycles. The van der Waals surface area contributed by atoms with Gasteiger partial charge in [-0.3, -0.25) is 9.78 Å². The Bertz CT molecular complexity index is 884. The fraction of sp³-hybridized carbons (Fsp3) is 0.316. The molecule has 28 heavy (non-hydrogen) atoms. The molecule has 150 valence electrons. The van der Waals surface area contributed by atoms with Crippen LogP contribution in [0.15, 0.2) is 51.8 Å². The number of aromatic nitrogens is 2. The van der Waals surface area contributed by atoms with Crippen molar-refractivity contribution in [2.45, 2.75) is 19.4 Å². The highest BCUT2D eigenvalue weighted by atomic mass is 35.5. The molecule has 1 aliphatic rings. The van der Waals surface area contributed by atoms with E-state index in [1.165, 1.54) is 0 Å². The molecule has 4 heterocycles.